The van der Waals surface area contributed by atoms with E-state index in [2.05, 4.69) is 16.9 Å². The first-order valence-electron chi connectivity index (χ1n) is 13.6. The Bertz CT molecular complexity index is 1400. The number of esters is 1. The number of nitrogens with one attached hydrogen (secondary N) is 1. The number of nitrogens with zero attached hydrogens (tertiary/aromatic N) is 2. The maximum absolute atomic E-state index is 13.7. The summed E-state index contributed by atoms with van der Waals surface area (Å²) >= 11 is 0. The summed E-state index contributed by atoms with van der Waals surface area (Å²) in [5.41, 5.74) is -1.49. The van der Waals surface area contributed by atoms with Crippen LogP contribution >= 0.6 is 0 Å². The third kappa shape index (κ3) is 6.33. The van der Waals surface area contributed by atoms with E-state index in [0.717, 1.165) is 0 Å². The van der Waals surface area contributed by atoms with Gasteiger partial charge >= 0.3 is 12.1 Å². The van der Waals surface area contributed by atoms with Crippen LogP contribution in [0.5, 0.6) is 11.5 Å². The molecule has 1 saturated carbocycles. The highest BCUT2D eigenvalue weighted by Gasteiger charge is 2.60. The van der Waals surface area contributed by atoms with Crippen molar-refractivity contribution < 1.29 is 42.9 Å². The minimum absolute atomic E-state index is 0.0183. The zero-order valence-corrected chi connectivity index (χ0v) is 24.7. The second-order valence-corrected chi connectivity index (χ2v) is 11.4. The van der Waals surface area contributed by atoms with Crippen LogP contribution < -0.4 is 14.8 Å². The van der Waals surface area contributed by atoms with Gasteiger partial charge in [-0.3, -0.25) is 14.5 Å². The van der Waals surface area contributed by atoms with Gasteiger partial charge in [0.2, 0.25) is 5.91 Å². The quantitative estimate of drug-likeness (QED) is 0.327. The van der Waals surface area contributed by atoms with E-state index in [1.807, 2.05) is 0 Å². The molecule has 1 N–H and O–H groups in total. The largest absolute Gasteiger partial charge is 0.497 e. The molecule has 0 radical (unpaired) electrons. The topological polar surface area (TPSA) is 143 Å². The van der Waals surface area contributed by atoms with Crippen LogP contribution in [-0.4, -0.2) is 91.4 Å². The molecule has 1 aromatic carbocycles. The molecule has 2 heterocycles. The molecule has 0 unspecified atom stereocenters. The number of carbonyl (C=O) groups is 4. The van der Waals surface area contributed by atoms with Crippen LogP contribution in [-0.2, 0) is 23.8 Å². The molecular formula is C30H37N3O9. The number of pyridine rings is 1. The number of amides is 2. The molecular weight excluding hydrogens is 546 g/mol. The molecule has 2 fully saturated rings. The van der Waals surface area contributed by atoms with Gasteiger partial charge in [0.25, 0.3) is 0 Å². The van der Waals surface area contributed by atoms with Gasteiger partial charge in [0.15, 0.2) is 11.5 Å². The summed E-state index contributed by atoms with van der Waals surface area (Å²) < 4.78 is 27.1. The van der Waals surface area contributed by atoms with E-state index in [0.29, 0.717) is 28.8 Å². The summed E-state index contributed by atoms with van der Waals surface area (Å²) in [6, 6.07) is 5.61. The molecule has 4 atom stereocenters. The number of fused-ring (bicyclic) bond motifs is 1. The van der Waals surface area contributed by atoms with Crippen molar-refractivity contribution in [2.75, 3.05) is 34.5 Å². The number of Topliss-reactive ketones (excluding diaryl/α,β-unsaturated/α-hetero) is 1. The molecule has 0 bridgehead atoms. The molecule has 226 valence electrons. The summed E-state index contributed by atoms with van der Waals surface area (Å²) in [6.45, 7) is 8.81. The Hall–Kier alpha value is -4.19. The summed E-state index contributed by atoms with van der Waals surface area (Å²) in [6.07, 6.45) is 0.772. The van der Waals surface area contributed by atoms with E-state index in [-0.39, 0.29) is 37.0 Å². The molecule has 1 aliphatic heterocycles. The third-order valence-electron chi connectivity index (χ3n) is 7.28. The SMILES string of the molecule is C=C[C@@H]1C[C@@]1(NC(=O)[C@@H]1C[C@@H](Oc2cc(C(=O)OC)nc3cc(OC)ccc23)CN1C(=O)OC(C)(C)C)C(=O)COC. The van der Waals surface area contributed by atoms with Crippen molar-refractivity contribution >= 4 is 34.7 Å². The van der Waals surface area contributed by atoms with E-state index >= 15 is 0 Å². The second-order valence-electron chi connectivity index (χ2n) is 11.4. The highest BCUT2D eigenvalue weighted by molar-refractivity contribution is 5.99. The predicted molar refractivity (Wildman–Crippen MR) is 151 cm³/mol. The number of benzene rings is 1. The monoisotopic (exact) mass is 583 g/mol. The first-order chi connectivity index (χ1) is 19.8. The average Bonchev–Trinajstić information content (AvgIpc) is 3.50. The maximum Gasteiger partial charge on any atom is 0.411 e. The van der Waals surface area contributed by atoms with Gasteiger partial charge in [0, 0.05) is 37.0 Å². The molecule has 42 heavy (non-hydrogen) atoms. The first kappa shape index (κ1) is 30.8. The van der Waals surface area contributed by atoms with Gasteiger partial charge in [0.05, 0.1) is 26.3 Å². The highest BCUT2D eigenvalue weighted by atomic mass is 16.6. The maximum atomic E-state index is 13.7. The van der Waals surface area contributed by atoms with Gasteiger partial charge in [0.1, 0.15) is 41.4 Å². The molecule has 1 saturated heterocycles. The number of aromatic nitrogens is 1. The number of ketones is 1. The van der Waals surface area contributed by atoms with Crippen molar-refractivity contribution in [3.63, 3.8) is 0 Å². The van der Waals surface area contributed by atoms with E-state index in [1.54, 1.807) is 45.0 Å². The van der Waals surface area contributed by atoms with Crippen molar-refractivity contribution in [3.8, 4) is 11.5 Å². The lowest BCUT2D eigenvalue weighted by Crippen LogP contribution is -2.54. The van der Waals surface area contributed by atoms with Crippen molar-refractivity contribution in [3.05, 3.63) is 42.6 Å². The Kier molecular flexibility index (Phi) is 8.76. The van der Waals surface area contributed by atoms with Crippen molar-refractivity contribution in [2.24, 2.45) is 5.92 Å². The van der Waals surface area contributed by atoms with Crippen molar-refractivity contribution in [2.45, 2.75) is 56.9 Å². The highest BCUT2D eigenvalue weighted by Crippen LogP contribution is 2.45. The summed E-state index contributed by atoms with van der Waals surface area (Å²) in [7, 11) is 4.18. The third-order valence-corrected chi connectivity index (χ3v) is 7.28. The molecule has 1 aliphatic carbocycles. The number of ether oxygens (including phenoxy) is 5. The van der Waals surface area contributed by atoms with Gasteiger partial charge in [-0.15, -0.1) is 6.58 Å². The molecule has 1 aromatic heterocycles. The summed E-state index contributed by atoms with van der Waals surface area (Å²) in [4.78, 5) is 57.9. The van der Waals surface area contributed by atoms with Crippen LogP contribution in [0.3, 0.4) is 0 Å². The van der Waals surface area contributed by atoms with Crippen LogP contribution in [0.4, 0.5) is 4.79 Å². The Morgan fingerprint density at radius 1 is 1.17 bits per heavy atom. The fraction of sp³-hybridized carbons (Fsp3) is 0.500. The molecule has 2 aliphatic rings. The van der Waals surface area contributed by atoms with E-state index < -0.39 is 41.3 Å². The van der Waals surface area contributed by atoms with Crippen LogP contribution in [0, 0.1) is 5.92 Å². The number of carbonyl (C=O) groups excluding carboxylic acids is 4. The fourth-order valence-corrected chi connectivity index (χ4v) is 5.11. The van der Waals surface area contributed by atoms with Crippen LogP contribution in [0.25, 0.3) is 10.9 Å². The lowest BCUT2D eigenvalue weighted by Gasteiger charge is -2.29. The lowest BCUT2D eigenvalue weighted by molar-refractivity contribution is -0.133. The molecule has 2 amide bonds. The Balaban J connectivity index is 1.65. The normalized spacial score (nSPS) is 23.2. The number of rotatable bonds is 10. The first-order valence-corrected chi connectivity index (χ1v) is 13.6. The Labute approximate surface area is 244 Å². The molecule has 0 spiro atoms. The number of hydrogen-bond acceptors (Lipinski definition) is 10. The van der Waals surface area contributed by atoms with Gasteiger partial charge < -0.3 is 29.0 Å². The Morgan fingerprint density at radius 3 is 2.50 bits per heavy atom. The zero-order valence-electron chi connectivity index (χ0n) is 24.7. The fourth-order valence-electron chi connectivity index (χ4n) is 5.11. The predicted octanol–water partition coefficient (Wildman–Crippen LogP) is 3.06. The summed E-state index contributed by atoms with van der Waals surface area (Å²) in [5.74, 6) is -0.835. The average molecular weight is 584 g/mol. The van der Waals surface area contributed by atoms with Gasteiger partial charge in [-0.1, -0.05) is 6.08 Å². The standard InChI is InChI=1S/C30H37N3O9/c1-8-17-14-30(17,25(34)16-38-5)32-26(35)23-12-19(15-33(23)28(37)42-29(2,3)4)41-24-13-22(27(36)40-7)31-21-11-18(39-6)9-10-20(21)24/h8-11,13,17,19,23H,1,12,14-16H2,2-7H3,(H,32,35)/t17-,19-,23+,30+/m1/s1. The number of methoxy groups -OCH3 is 3. The molecule has 4 rings (SSSR count). The van der Waals surface area contributed by atoms with E-state index in [9.17, 15) is 19.2 Å². The number of hydrogen-bond donors (Lipinski definition) is 1. The van der Waals surface area contributed by atoms with Crippen LogP contribution in [0.15, 0.2) is 36.9 Å². The van der Waals surface area contributed by atoms with Crippen LogP contribution in [0.1, 0.15) is 44.1 Å². The lowest BCUT2D eigenvalue weighted by atomic mass is 10.1. The molecule has 12 nitrogen and oxygen atoms in total. The van der Waals surface area contributed by atoms with Gasteiger partial charge in [-0.05, 0) is 39.3 Å². The number of likely N-dealkylation sites (tertiary alicyclic amines) is 1. The van der Waals surface area contributed by atoms with Gasteiger partial charge in [-0.2, -0.15) is 0 Å². The smallest absolute Gasteiger partial charge is 0.411 e. The van der Waals surface area contributed by atoms with Crippen LogP contribution in [0.2, 0.25) is 0 Å². The Morgan fingerprint density at radius 2 is 1.90 bits per heavy atom. The van der Waals surface area contributed by atoms with E-state index in [1.165, 1.54) is 32.3 Å². The molecule has 2 aromatic rings. The summed E-state index contributed by atoms with van der Waals surface area (Å²) in [5, 5.41) is 3.46. The second kappa shape index (κ2) is 12.0. The van der Waals surface area contributed by atoms with Gasteiger partial charge in [-0.25, -0.2) is 14.6 Å². The molecule has 12 heteroatoms. The van der Waals surface area contributed by atoms with Crippen molar-refractivity contribution in [1.82, 2.24) is 15.2 Å². The minimum Gasteiger partial charge on any atom is -0.497 e. The van der Waals surface area contributed by atoms with Crippen molar-refractivity contribution in [1.29, 1.82) is 0 Å². The van der Waals surface area contributed by atoms with E-state index in [4.69, 9.17) is 23.7 Å². The minimum atomic E-state index is -1.14. The zero-order chi connectivity index (χ0) is 30.8.